The Hall–Kier alpha value is -1.02. The summed E-state index contributed by atoms with van der Waals surface area (Å²) in [5.41, 5.74) is 0. The third kappa shape index (κ3) is 2.76. The van der Waals surface area contributed by atoms with Crippen molar-refractivity contribution in [1.82, 2.24) is 5.32 Å². The molecule has 0 aromatic carbocycles. The summed E-state index contributed by atoms with van der Waals surface area (Å²) in [6, 6.07) is 4.97. The number of rotatable bonds is 4. The van der Waals surface area contributed by atoms with Gasteiger partial charge in [-0.25, -0.2) is 0 Å². The maximum Gasteiger partial charge on any atom is 0.120 e. The maximum absolute atomic E-state index is 5.75. The van der Waals surface area contributed by atoms with Crippen LogP contribution < -0.4 is 5.32 Å². The van der Waals surface area contributed by atoms with Crippen molar-refractivity contribution in [1.29, 1.82) is 0 Å². The Bertz CT molecular complexity index is 353. The maximum atomic E-state index is 5.75. The highest BCUT2D eigenvalue weighted by atomic mass is 16.3. The Morgan fingerprint density at radius 1 is 1.50 bits per heavy atom. The van der Waals surface area contributed by atoms with Gasteiger partial charge in [0.1, 0.15) is 11.5 Å². The summed E-state index contributed by atoms with van der Waals surface area (Å²) in [6.07, 6.45) is 9.28. The number of hydrogen-bond acceptors (Lipinski definition) is 2. The summed E-state index contributed by atoms with van der Waals surface area (Å²) in [5, 5.41) is 3.59. The van der Waals surface area contributed by atoms with E-state index in [1.54, 1.807) is 0 Å². The van der Waals surface area contributed by atoms with Crippen LogP contribution in [0.25, 0.3) is 0 Å². The molecule has 0 bridgehead atoms. The monoisotopic (exact) mass is 219 g/mol. The second-order valence-electron chi connectivity index (χ2n) is 4.51. The third-order valence-corrected chi connectivity index (χ3v) is 3.18. The molecule has 1 heterocycles. The lowest BCUT2D eigenvalue weighted by atomic mass is 10.0. The van der Waals surface area contributed by atoms with Gasteiger partial charge in [-0.2, -0.15) is 0 Å². The minimum absolute atomic E-state index is 0.299. The second-order valence-corrected chi connectivity index (χ2v) is 4.51. The molecule has 1 aromatic rings. The van der Waals surface area contributed by atoms with E-state index in [0.717, 1.165) is 17.9 Å². The standard InChI is InChI=1S/C14H21NO/c1-3-13-9-10-14(16-13)11(2)15-12-7-5-4-6-8-12/h5,7,9-12,15H,3-4,6,8H2,1-2H3. The van der Waals surface area contributed by atoms with Crippen LogP contribution in [0.3, 0.4) is 0 Å². The molecule has 0 saturated carbocycles. The van der Waals surface area contributed by atoms with Gasteiger partial charge in [0.25, 0.3) is 0 Å². The van der Waals surface area contributed by atoms with Gasteiger partial charge < -0.3 is 9.73 Å². The van der Waals surface area contributed by atoms with Gasteiger partial charge in [0.2, 0.25) is 0 Å². The van der Waals surface area contributed by atoms with Gasteiger partial charge in [-0.1, -0.05) is 19.1 Å². The zero-order chi connectivity index (χ0) is 11.4. The van der Waals surface area contributed by atoms with Crippen molar-refractivity contribution in [2.24, 2.45) is 0 Å². The van der Waals surface area contributed by atoms with Crippen molar-refractivity contribution in [2.75, 3.05) is 0 Å². The average Bonchev–Trinajstić information content (AvgIpc) is 2.79. The minimum Gasteiger partial charge on any atom is -0.464 e. The molecule has 0 spiro atoms. The van der Waals surface area contributed by atoms with E-state index in [9.17, 15) is 0 Å². The lowest BCUT2D eigenvalue weighted by molar-refractivity contribution is 0.382. The Balaban J connectivity index is 1.93. The van der Waals surface area contributed by atoms with Gasteiger partial charge in [0.15, 0.2) is 0 Å². The molecule has 2 nitrogen and oxygen atoms in total. The largest absolute Gasteiger partial charge is 0.464 e. The fraction of sp³-hybridized carbons (Fsp3) is 0.571. The first-order valence-electron chi connectivity index (χ1n) is 6.31. The highest BCUT2D eigenvalue weighted by Gasteiger charge is 2.15. The highest BCUT2D eigenvalue weighted by Crippen LogP contribution is 2.19. The topological polar surface area (TPSA) is 25.2 Å². The van der Waals surface area contributed by atoms with Crippen molar-refractivity contribution in [3.05, 3.63) is 35.8 Å². The van der Waals surface area contributed by atoms with Gasteiger partial charge in [-0.3, -0.25) is 0 Å². The summed E-state index contributed by atoms with van der Waals surface area (Å²) in [7, 11) is 0. The van der Waals surface area contributed by atoms with E-state index in [0.29, 0.717) is 12.1 Å². The molecule has 2 heteroatoms. The Morgan fingerprint density at radius 2 is 2.38 bits per heavy atom. The first-order valence-corrected chi connectivity index (χ1v) is 6.31. The van der Waals surface area contributed by atoms with Crippen LogP contribution in [0.5, 0.6) is 0 Å². The highest BCUT2D eigenvalue weighted by molar-refractivity contribution is 5.11. The second kappa shape index (κ2) is 5.35. The van der Waals surface area contributed by atoms with Crippen molar-refractivity contribution in [3.8, 4) is 0 Å². The van der Waals surface area contributed by atoms with E-state index >= 15 is 0 Å². The molecule has 2 unspecified atom stereocenters. The molecule has 0 aliphatic heterocycles. The molecule has 0 fully saturated rings. The summed E-state index contributed by atoms with van der Waals surface area (Å²) >= 11 is 0. The van der Waals surface area contributed by atoms with Gasteiger partial charge in [0.05, 0.1) is 6.04 Å². The fourth-order valence-electron chi connectivity index (χ4n) is 2.17. The number of furan rings is 1. The minimum atomic E-state index is 0.299. The lowest BCUT2D eigenvalue weighted by Crippen LogP contribution is -2.30. The fourth-order valence-corrected chi connectivity index (χ4v) is 2.17. The zero-order valence-electron chi connectivity index (χ0n) is 10.2. The summed E-state index contributed by atoms with van der Waals surface area (Å²) in [6.45, 7) is 4.28. The molecule has 1 aliphatic rings. The zero-order valence-corrected chi connectivity index (χ0v) is 10.2. The molecule has 1 N–H and O–H groups in total. The predicted octanol–water partition coefficient (Wildman–Crippen LogP) is 3.60. The van der Waals surface area contributed by atoms with Gasteiger partial charge >= 0.3 is 0 Å². The molecule has 0 amide bonds. The Labute approximate surface area is 97.7 Å². The molecule has 1 aromatic heterocycles. The number of hydrogen-bond donors (Lipinski definition) is 1. The van der Waals surface area contributed by atoms with Gasteiger partial charge in [0, 0.05) is 12.5 Å². The van der Waals surface area contributed by atoms with Crippen LogP contribution in [0.2, 0.25) is 0 Å². The van der Waals surface area contributed by atoms with Crippen molar-refractivity contribution >= 4 is 0 Å². The normalized spacial score (nSPS) is 22.2. The van der Waals surface area contributed by atoms with E-state index in [-0.39, 0.29) is 0 Å². The summed E-state index contributed by atoms with van der Waals surface area (Å²) < 4.78 is 5.75. The number of nitrogens with one attached hydrogen (secondary N) is 1. The molecule has 2 atom stereocenters. The molecule has 88 valence electrons. The van der Waals surface area contributed by atoms with E-state index in [2.05, 4.69) is 43.4 Å². The van der Waals surface area contributed by atoms with E-state index in [4.69, 9.17) is 4.42 Å². The molecular weight excluding hydrogens is 198 g/mol. The SMILES string of the molecule is CCc1ccc(C(C)NC2C=CCCC2)o1. The van der Waals surface area contributed by atoms with Crippen LogP contribution >= 0.6 is 0 Å². The van der Waals surface area contributed by atoms with Crippen LogP contribution in [0, 0.1) is 0 Å². The molecule has 0 saturated heterocycles. The lowest BCUT2D eigenvalue weighted by Gasteiger charge is -2.21. The van der Waals surface area contributed by atoms with Crippen LogP contribution in [-0.4, -0.2) is 6.04 Å². The quantitative estimate of drug-likeness (QED) is 0.783. The van der Waals surface area contributed by atoms with Crippen molar-refractivity contribution in [2.45, 2.75) is 51.6 Å². The van der Waals surface area contributed by atoms with E-state index in [1.807, 2.05) is 0 Å². The average molecular weight is 219 g/mol. The molecular formula is C14H21NO. The number of aryl methyl sites for hydroxylation is 1. The molecule has 0 radical (unpaired) electrons. The van der Waals surface area contributed by atoms with E-state index < -0.39 is 0 Å². The van der Waals surface area contributed by atoms with Crippen LogP contribution in [0.15, 0.2) is 28.7 Å². The summed E-state index contributed by atoms with van der Waals surface area (Å²) in [4.78, 5) is 0. The van der Waals surface area contributed by atoms with Crippen molar-refractivity contribution < 1.29 is 4.42 Å². The molecule has 16 heavy (non-hydrogen) atoms. The van der Waals surface area contributed by atoms with Crippen molar-refractivity contribution in [3.63, 3.8) is 0 Å². The first-order chi connectivity index (χ1) is 7.79. The summed E-state index contributed by atoms with van der Waals surface area (Å²) in [5.74, 6) is 2.12. The molecule has 1 aliphatic carbocycles. The van der Waals surface area contributed by atoms with Crippen LogP contribution in [0.4, 0.5) is 0 Å². The van der Waals surface area contributed by atoms with Crippen LogP contribution in [-0.2, 0) is 6.42 Å². The smallest absolute Gasteiger partial charge is 0.120 e. The van der Waals surface area contributed by atoms with Crippen LogP contribution in [0.1, 0.15) is 50.7 Å². The third-order valence-electron chi connectivity index (χ3n) is 3.18. The first kappa shape index (κ1) is 11.5. The Morgan fingerprint density at radius 3 is 3.00 bits per heavy atom. The van der Waals surface area contributed by atoms with E-state index in [1.165, 1.54) is 19.3 Å². The number of allylic oxidation sites excluding steroid dienone is 1. The van der Waals surface area contributed by atoms with Gasteiger partial charge in [-0.15, -0.1) is 0 Å². The van der Waals surface area contributed by atoms with Gasteiger partial charge in [-0.05, 0) is 38.3 Å². The Kier molecular flexibility index (Phi) is 3.83. The molecule has 2 rings (SSSR count). The predicted molar refractivity (Wildman–Crippen MR) is 66.4 cm³/mol.